The Labute approximate surface area is 89.5 Å². The van der Waals surface area contributed by atoms with Crippen LogP contribution in [0.1, 0.15) is 26.1 Å². The van der Waals surface area contributed by atoms with Gasteiger partial charge >= 0.3 is 0 Å². The number of aryl methyl sites for hydroxylation is 1. The van der Waals surface area contributed by atoms with Gasteiger partial charge in [0, 0.05) is 12.1 Å². The van der Waals surface area contributed by atoms with Crippen LogP contribution >= 0.6 is 0 Å². The van der Waals surface area contributed by atoms with Crippen LogP contribution in [0, 0.1) is 12.3 Å². The summed E-state index contributed by atoms with van der Waals surface area (Å²) in [6.07, 6.45) is 1.18. The minimum Gasteiger partial charge on any atom is -0.367 e. The number of nitrogen functional groups attached to an aromatic ring is 1. The van der Waals surface area contributed by atoms with Crippen molar-refractivity contribution in [3.63, 3.8) is 0 Å². The zero-order valence-corrected chi connectivity index (χ0v) is 9.33. The molecular formula is C10H17N5. The van der Waals surface area contributed by atoms with E-state index >= 15 is 0 Å². The van der Waals surface area contributed by atoms with Crippen molar-refractivity contribution in [1.82, 2.24) is 9.97 Å². The Bertz CT molecular complexity index is 374. The maximum atomic E-state index is 5.32. The van der Waals surface area contributed by atoms with Crippen LogP contribution in [-0.2, 0) is 0 Å². The highest BCUT2D eigenvalue weighted by molar-refractivity contribution is 5.48. The molecule has 82 valence electrons. The van der Waals surface area contributed by atoms with E-state index in [-0.39, 0.29) is 0 Å². The van der Waals surface area contributed by atoms with Gasteiger partial charge in [-0.2, -0.15) is 0 Å². The standard InChI is InChI=1S/C10H17N5/c1-6-12-8(4-9(13-6)15-11)14-7-5-10(7,2)3/h4,7H,5,11H2,1-3H3,(H2,12,13,14,15). The fourth-order valence-corrected chi connectivity index (χ4v) is 1.61. The maximum absolute atomic E-state index is 5.32. The van der Waals surface area contributed by atoms with Gasteiger partial charge in [0.15, 0.2) is 0 Å². The van der Waals surface area contributed by atoms with Gasteiger partial charge in [-0.1, -0.05) is 13.8 Å². The van der Waals surface area contributed by atoms with E-state index in [1.165, 1.54) is 6.42 Å². The summed E-state index contributed by atoms with van der Waals surface area (Å²) < 4.78 is 0. The lowest BCUT2D eigenvalue weighted by atomic mass is 10.2. The molecule has 0 amide bonds. The molecule has 2 rings (SSSR count). The molecule has 0 radical (unpaired) electrons. The Morgan fingerprint density at radius 1 is 1.40 bits per heavy atom. The van der Waals surface area contributed by atoms with Crippen LogP contribution in [0.5, 0.6) is 0 Å². The fourth-order valence-electron chi connectivity index (χ4n) is 1.61. The van der Waals surface area contributed by atoms with Crippen LogP contribution in [0.3, 0.4) is 0 Å². The van der Waals surface area contributed by atoms with Crippen LogP contribution < -0.4 is 16.6 Å². The van der Waals surface area contributed by atoms with Gasteiger partial charge in [0.2, 0.25) is 0 Å². The third kappa shape index (κ3) is 2.18. The molecule has 4 N–H and O–H groups in total. The molecule has 1 heterocycles. The number of nitrogens with two attached hydrogens (primary N) is 1. The Morgan fingerprint density at radius 3 is 2.53 bits per heavy atom. The van der Waals surface area contributed by atoms with E-state index < -0.39 is 0 Å². The van der Waals surface area contributed by atoms with Gasteiger partial charge in [0.05, 0.1) is 0 Å². The third-order valence-corrected chi connectivity index (χ3v) is 2.82. The van der Waals surface area contributed by atoms with Crippen molar-refractivity contribution < 1.29 is 0 Å². The summed E-state index contributed by atoms with van der Waals surface area (Å²) in [6.45, 7) is 6.33. The molecule has 0 aromatic carbocycles. The summed E-state index contributed by atoms with van der Waals surface area (Å²) in [5.41, 5.74) is 2.92. The van der Waals surface area contributed by atoms with Gasteiger partial charge in [-0.25, -0.2) is 15.8 Å². The van der Waals surface area contributed by atoms with E-state index in [1.54, 1.807) is 0 Å². The van der Waals surface area contributed by atoms with Gasteiger partial charge < -0.3 is 10.7 Å². The first-order valence-electron chi connectivity index (χ1n) is 5.10. The predicted molar refractivity (Wildman–Crippen MR) is 60.4 cm³/mol. The topological polar surface area (TPSA) is 75.9 Å². The second-order valence-electron chi connectivity index (χ2n) is 4.72. The van der Waals surface area contributed by atoms with Crippen LogP contribution in [-0.4, -0.2) is 16.0 Å². The summed E-state index contributed by atoms with van der Waals surface area (Å²) >= 11 is 0. The average Bonchev–Trinajstić information content (AvgIpc) is 2.72. The second-order valence-corrected chi connectivity index (χ2v) is 4.72. The molecule has 15 heavy (non-hydrogen) atoms. The summed E-state index contributed by atoms with van der Waals surface area (Å²) in [5.74, 6) is 7.51. The molecular weight excluding hydrogens is 190 g/mol. The van der Waals surface area contributed by atoms with E-state index in [4.69, 9.17) is 5.84 Å². The highest BCUT2D eigenvalue weighted by atomic mass is 15.3. The third-order valence-electron chi connectivity index (χ3n) is 2.82. The van der Waals surface area contributed by atoms with E-state index in [0.717, 1.165) is 5.82 Å². The fraction of sp³-hybridized carbons (Fsp3) is 0.600. The number of nitrogens with one attached hydrogen (secondary N) is 2. The lowest BCUT2D eigenvalue weighted by Gasteiger charge is -2.09. The summed E-state index contributed by atoms with van der Waals surface area (Å²) in [5, 5.41) is 3.38. The summed E-state index contributed by atoms with van der Waals surface area (Å²) in [7, 11) is 0. The minimum absolute atomic E-state index is 0.384. The lowest BCUT2D eigenvalue weighted by Crippen LogP contribution is -2.13. The lowest BCUT2D eigenvalue weighted by molar-refractivity contribution is 0.629. The van der Waals surface area contributed by atoms with Crippen molar-refractivity contribution in [2.75, 3.05) is 10.7 Å². The molecule has 0 bridgehead atoms. The predicted octanol–water partition coefficient (Wildman–Crippen LogP) is 1.28. The Morgan fingerprint density at radius 2 is 2.00 bits per heavy atom. The Kier molecular flexibility index (Phi) is 2.26. The van der Waals surface area contributed by atoms with Gasteiger partial charge in [-0.15, -0.1) is 0 Å². The molecule has 1 aromatic rings. The van der Waals surface area contributed by atoms with Crippen LogP contribution in [0.25, 0.3) is 0 Å². The van der Waals surface area contributed by atoms with Crippen molar-refractivity contribution in [2.45, 2.75) is 33.2 Å². The molecule has 0 spiro atoms. The molecule has 5 heteroatoms. The van der Waals surface area contributed by atoms with E-state index in [2.05, 4.69) is 34.6 Å². The zero-order valence-electron chi connectivity index (χ0n) is 9.33. The first-order valence-corrected chi connectivity index (χ1v) is 5.10. The van der Waals surface area contributed by atoms with E-state index in [9.17, 15) is 0 Å². The molecule has 1 aliphatic carbocycles. The molecule has 1 fully saturated rings. The van der Waals surface area contributed by atoms with Crippen molar-refractivity contribution in [3.05, 3.63) is 11.9 Å². The van der Waals surface area contributed by atoms with Gasteiger partial charge in [0.25, 0.3) is 0 Å². The Balaban J connectivity index is 2.11. The normalized spacial score (nSPS) is 22.3. The maximum Gasteiger partial charge on any atom is 0.145 e. The Hall–Kier alpha value is -1.36. The minimum atomic E-state index is 0.384. The van der Waals surface area contributed by atoms with Crippen LogP contribution in [0.15, 0.2) is 6.07 Å². The van der Waals surface area contributed by atoms with Crippen molar-refractivity contribution >= 4 is 11.6 Å². The van der Waals surface area contributed by atoms with Crippen LogP contribution in [0.2, 0.25) is 0 Å². The number of aromatic nitrogens is 2. The molecule has 0 saturated heterocycles. The largest absolute Gasteiger partial charge is 0.367 e. The molecule has 1 atom stereocenters. The molecule has 1 aromatic heterocycles. The van der Waals surface area contributed by atoms with Gasteiger partial charge in [-0.3, -0.25) is 0 Å². The second kappa shape index (κ2) is 3.34. The van der Waals surface area contributed by atoms with Gasteiger partial charge in [0.1, 0.15) is 17.5 Å². The molecule has 1 unspecified atom stereocenters. The molecule has 1 aliphatic rings. The first kappa shape index (κ1) is 10.2. The number of hydrogen-bond donors (Lipinski definition) is 3. The molecule has 5 nitrogen and oxygen atoms in total. The number of nitrogens with zero attached hydrogens (tertiary/aromatic N) is 2. The average molecular weight is 207 g/mol. The van der Waals surface area contributed by atoms with Crippen LogP contribution in [0.4, 0.5) is 11.6 Å². The number of hydrazine groups is 1. The molecule has 1 saturated carbocycles. The van der Waals surface area contributed by atoms with E-state index in [0.29, 0.717) is 23.1 Å². The monoisotopic (exact) mass is 207 g/mol. The zero-order chi connectivity index (χ0) is 11.1. The van der Waals surface area contributed by atoms with Gasteiger partial charge in [-0.05, 0) is 18.8 Å². The highest BCUT2D eigenvalue weighted by Gasteiger charge is 2.45. The quantitative estimate of drug-likeness (QED) is 0.514. The van der Waals surface area contributed by atoms with Crippen molar-refractivity contribution in [2.24, 2.45) is 11.3 Å². The number of anilines is 2. The van der Waals surface area contributed by atoms with Crippen molar-refractivity contribution in [1.29, 1.82) is 0 Å². The summed E-state index contributed by atoms with van der Waals surface area (Å²) in [6, 6.07) is 2.33. The SMILES string of the molecule is Cc1nc(NN)cc(NC2CC2(C)C)n1. The van der Waals surface area contributed by atoms with Crippen molar-refractivity contribution in [3.8, 4) is 0 Å². The van der Waals surface area contributed by atoms with E-state index in [1.807, 2.05) is 13.0 Å². The number of rotatable bonds is 3. The molecule has 0 aliphatic heterocycles. The smallest absolute Gasteiger partial charge is 0.145 e. The highest BCUT2D eigenvalue weighted by Crippen LogP contribution is 2.46. The number of hydrogen-bond acceptors (Lipinski definition) is 5. The first-order chi connectivity index (χ1) is 7.01. The summed E-state index contributed by atoms with van der Waals surface area (Å²) in [4.78, 5) is 8.44.